The van der Waals surface area contributed by atoms with E-state index in [2.05, 4.69) is 10.6 Å². The SMILES string of the molecule is CCCCCC(=O)C(=O)NCCOCCOCCCC(=O)C(=O)NCCCC. The Morgan fingerprint density at radius 3 is 1.75 bits per heavy atom. The number of rotatable bonds is 19. The second kappa shape index (κ2) is 18.6. The fourth-order valence-electron chi connectivity index (χ4n) is 2.23. The summed E-state index contributed by atoms with van der Waals surface area (Å²) >= 11 is 0. The van der Waals surface area contributed by atoms with Crippen LogP contribution in [-0.2, 0) is 28.7 Å². The number of unbranched alkanes of at least 4 members (excludes halogenated alkanes) is 3. The molecule has 0 aliphatic heterocycles. The highest BCUT2D eigenvalue weighted by Gasteiger charge is 2.12. The highest BCUT2D eigenvalue weighted by molar-refractivity contribution is 6.36. The molecule has 0 aliphatic rings. The molecule has 0 saturated carbocycles. The molecule has 0 unspecified atom stereocenters. The summed E-state index contributed by atoms with van der Waals surface area (Å²) < 4.78 is 10.6. The molecule has 8 nitrogen and oxygen atoms in total. The van der Waals surface area contributed by atoms with Crippen LogP contribution < -0.4 is 10.6 Å². The summed E-state index contributed by atoms with van der Waals surface area (Å²) in [5.74, 6) is -1.89. The minimum absolute atomic E-state index is 0.164. The largest absolute Gasteiger partial charge is 0.379 e. The average Bonchev–Trinajstić information content (AvgIpc) is 2.69. The number of ether oxygens (including phenoxy) is 2. The fourth-order valence-corrected chi connectivity index (χ4v) is 2.23. The summed E-state index contributed by atoms with van der Waals surface area (Å²) in [6, 6.07) is 0. The summed E-state index contributed by atoms with van der Waals surface area (Å²) in [5.41, 5.74) is 0. The van der Waals surface area contributed by atoms with E-state index in [0.29, 0.717) is 39.4 Å². The molecule has 0 fully saturated rings. The lowest BCUT2D eigenvalue weighted by Gasteiger charge is -2.07. The maximum atomic E-state index is 11.6. The zero-order valence-corrected chi connectivity index (χ0v) is 17.3. The van der Waals surface area contributed by atoms with Crippen LogP contribution in [0.4, 0.5) is 0 Å². The molecule has 28 heavy (non-hydrogen) atoms. The molecular formula is C20H36N2O6. The molecule has 0 rings (SSSR count). The van der Waals surface area contributed by atoms with E-state index < -0.39 is 17.6 Å². The van der Waals surface area contributed by atoms with Gasteiger partial charge >= 0.3 is 0 Å². The lowest BCUT2D eigenvalue weighted by molar-refractivity contribution is -0.138. The highest BCUT2D eigenvalue weighted by atomic mass is 16.5. The van der Waals surface area contributed by atoms with Crippen LogP contribution in [0.5, 0.6) is 0 Å². The monoisotopic (exact) mass is 400 g/mol. The van der Waals surface area contributed by atoms with Crippen LogP contribution in [0.15, 0.2) is 0 Å². The first-order valence-electron chi connectivity index (χ1n) is 10.3. The number of carbonyl (C=O) groups excluding carboxylic acids is 4. The topological polar surface area (TPSA) is 111 Å². The summed E-state index contributed by atoms with van der Waals surface area (Å²) in [5, 5.41) is 5.12. The van der Waals surface area contributed by atoms with Crippen molar-refractivity contribution in [2.75, 3.05) is 39.5 Å². The van der Waals surface area contributed by atoms with Gasteiger partial charge in [-0.15, -0.1) is 0 Å². The molecule has 0 radical (unpaired) electrons. The highest BCUT2D eigenvalue weighted by Crippen LogP contribution is 1.99. The molecule has 0 bridgehead atoms. The van der Waals surface area contributed by atoms with Crippen molar-refractivity contribution in [1.82, 2.24) is 10.6 Å². The van der Waals surface area contributed by atoms with E-state index in [1.54, 1.807) is 0 Å². The summed E-state index contributed by atoms with van der Waals surface area (Å²) in [6.45, 7) is 6.25. The average molecular weight is 401 g/mol. The van der Waals surface area contributed by atoms with E-state index >= 15 is 0 Å². The van der Waals surface area contributed by atoms with Gasteiger partial charge in [0.1, 0.15) is 0 Å². The Kier molecular flexibility index (Phi) is 17.4. The maximum Gasteiger partial charge on any atom is 0.287 e. The van der Waals surface area contributed by atoms with Gasteiger partial charge < -0.3 is 20.1 Å². The van der Waals surface area contributed by atoms with E-state index in [1.165, 1.54) is 0 Å². The molecule has 0 atom stereocenters. The third kappa shape index (κ3) is 15.3. The molecule has 0 aromatic rings. The first-order valence-corrected chi connectivity index (χ1v) is 10.3. The molecule has 2 amide bonds. The number of Topliss-reactive ketones (excluding diaryl/α,β-unsaturated/α-hetero) is 2. The van der Waals surface area contributed by atoms with Crippen molar-refractivity contribution in [3.8, 4) is 0 Å². The van der Waals surface area contributed by atoms with Crippen LogP contribution in [0.3, 0.4) is 0 Å². The number of ketones is 2. The molecule has 8 heteroatoms. The van der Waals surface area contributed by atoms with E-state index in [4.69, 9.17) is 9.47 Å². The van der Waals surface area contributed by atoms with Gasteiger partial charge in [0.25, 0.3) is 11.8 Å². The van der Waals surface area contributed by atoms with Gasteiger partial charge in [0, 0.05) is 32.5 Å². The van der Waals surface area contributed by atoms with Crippen molar-refractivity contribution in [3.63, 3.8) is 0 Å². The molecule has 0 aromatic heterocycles. The first kappa shape index (κ1) is 26.2. The van der Waals surface area contributed by atoms with Crippen molar-refractivity contribution in [1.29, 1.82) is 0 Å². The quantitative estimate of drug-likeness (QED) is 0.251. The minimum atomic E-state index is -0.556. The van der Waals surface area contributed by atoms with Gasteiger partial charge in [0.15, 0.2) is 0 Å². The first-order chi connectivity index (χ1) is 13.5. The zero-order chi connectivity index (χ0) is 21.0. The Morgan fingerprint density at radius 1 is 0.607 bits per heavy atom. The van der Waals surface area contributed by atoms with Gasteiger partial charge in [-0.05, 0) is 19.3 Å². The van der Waals surface area contributed by atoms with Crippen molar-refractivity contribution in [2.45, 2.75) is 65.2 Å². The zero-order valence-electron chi connectivity index (χ0n) is 17.3. The van der Waals surface area contributed by atoms with E-state index in [9.17, 15) is 19.2 Å². The van der Waals surface area contributed by atoms with Crippen LogP contribution in [0, 0.1) is 0 Å². The maximum absolute atomic E-state index is 11.6. The summed E-state index contributed by atoms with van der Waals surface area (Å²) in [6.07, 6.45) is 5.46. The Morgan fingerprint density at radius 2 is 1.14 bits per heavy atom. The Hall–Kier alpha value is -1.80. The van der Waals surface area contributed by atoms with Gasteiger partial charge in [0.2, 0.25) is 11.6 Å². The number of hydrogen-bond acceptors (Lipinski definition) is 6. The van der Waals surface area contributed by atoms with Gasteiger partial charge in [0.05, 0.1) is 19.8 Å². The third-order valence-electron chi connectivity index (χ3n) is 3.93. The molecule has 0 heterocycles. The van der Waals surface area contributed by atoms with E-state index in [-0.39, 0.29) is 25.2 Å². The predicted octanol–water partition coefficient (Wildman–Crippen LogP) is 1.55. The molecule has 0 spiro atoms. The second-order valence-electron chi connectivity index (χ2n) is 6.50. The number of nitrogens with one attached hydrogen (secondary N) is 2. The number of amides is 2. The van der Waals surface area contributed by atoms with Crippen LogP contribution in [0.2, 0.25) is 0 Å². The lowest BCUT2D eigenvalue weighted by Crippen LogP contribution is -2.33. The smallest absolute Gasteiger partial charge is 0.287 e. The predicted molar refractivity (Wildman–Crippen MR) is 106 cm³/mol. The molecule has 0 aliphatic carbocycles. The minimum Gasteiger partial charge on any atom is -0.379 e. The summed E-state index contributed by atoms with van der Waals surface area (Å²) in [7, 11) is 0. The van der Waals surface area contributed by atoms with Gasteiger partial charge in [-0.2, -0.15) is 0 Å². The molecular weight excluding hydrogens is 364 g/mol. The third-order valence-corrected chi connectivity index (χ3v) is 3.93. The van der Waals surface area contributed by atoms with Crippen LogP contribution >= 0.6 is 0 Å². The molecule has 162 valence electrons. The van der Waals surface area contributed by atoms with Crippen LogP contribution in [0.25, 0.3) is 0 Å². The lowest BCUT2D eigenvalue weighted by atomic mass is 10.1. The van der Waals surface area contributed by atoms with Gasteiger partial charge in [-0.3, -0.25) is 19.2 Å². The van der Waals surface area contributed by atoms with Crippen molar-refractivity contribution >= 4 is 23.4 Å². The van der Waals surface area contributed by atoms with Crippen molar-refractivity contribution in [3.05, 3.63) is 0 Å². The normalized spacial score (nSPS) is 10.5. The van der Waals surface area contributed by atoms with Crippen LogP contribution in [0.1, 0.15) is 65.2 Å². The Balaban J connectivity index is 3.46. The Labute approximate surface area is 168 Å². The molecule has 2 N–H and O–H groups in total. The summed E-state index contributed by atoms with van der Waals surface area (Å²) in [4.78, 5) is 46.1. The van der Waals surface area contributed by atoms with Crippen LogP contribution in [-0.4, -0.2) is 62.9 Å². The molecule has 0 aromatic carbocycles. The van der Waals surface area contributed by atoms with Crippen molar-refractivity contribution < 1.29 is 28.7 Å². The number of hydrogen-bond donors (Lipinski definition) is 2. The standard InChI is InChI=1S/C20H36N2O6/c1-3-5-7-9-17(23)20(26)22-12-14-28-16-15-27-13-8-10-18(24)19(25)21-11-6-4-2/h3-16H2,1-2H3,(H,21,25)(H,22,26). The number of carbonyl (C=O) groups is 4. The Bertz CT molecular complexity index is 426. The van der Waals surface area contributed by atoms with Gasteiger partial charge in [-0.25, -0.2) is 0 Å². The van der Waals surface area contributed by atoms with Crippen molar-refractivity contribution in [2.24, 2.45) is 0 Å². The van der Waals surface area contributed by atoms with Gasteiger partial charge in [-0.1, -0.05) is 33.1 Å². The second-order valence-corrected chi connectivity index (χ2v) is 6.50. The fraction of sp³-hybridized carbons (Fsp3) is 0.800. The molecule has 0 saturated heterocycles. The van der Waals surface area contributed by atoms with E-state index in [1.807, 2.05) is 13.8 Å². The van der Waals surface area contributed by atoms with E-state index in [0.717, 1.165) is 32.1 Å².